The standard InChI is InChI=1S/C20H26Cl2N4O2/c1-13(2)9-18(25-19(27)16-6-5-15(21)10-17(16)22)20(28)23-11-14(3)12-26-8-4-7-24-26/h4-8,10,13-14,18H,9,11-12H2,1-3H3,(H,23,28)(H,25,27). The molecule has 1 aromatic heterocycles. The van der Waals surface area contributed by atoms with Crippen LogP contribution in [0.5, 0.6) is 0 Å². The molecule has 152 valence electrons. The fourth-order valence-corrected chi connectivity index (χ4v) is 3.30. The van der Waals surface area contributed by atoms with Crippen LogP contribution in [0.2, 0.25) is 10.0 Å². The van der Waals surface area contributed by atoms with Gasteiger partial charge in [-0.1, -0.05) is 44.0 Å². The number of rotatable bonds is 9. The summed E-state index contributed by atoms with van der Waals surface area (Å²) < 4.78 is 1.83. The normalized spacial score (nSPS) is 13.2. The second kappa shape index (κ2) is 10.5. The van der Waals surface area contributed by atoms with Crippen molar-refractivity contribution in [1.29, 1.82) is 0 Å². The SMILES string of the molecule is CC(C)CC(NC(=O)c1ccc(Cl)cc1Cl)C(=O)NCC(C)Cn1cccn1. The van der Waals surface area contributed by atoms with Gasteiger partial charge in [-0.15, -0.1) is 0 Å². The Hall–Kier alpha value is -2.05. The van der Waals surface area contributed by atoms with Crippen molar-refractivity contribution in [3.05, 3.63) is 52.3 Å². The predicted octanol–water partition coefficient (Wildman–Crippen LogP) is 3.79. The molecule has 2 unspecified atom stereocenters. The van der Waals surface area contributed by atoms with Crippen molar-refractivity contribution in [3.63, 3.8) is 0 Å². The Morgan fingerprint density at radius 3 is 2.57 bits per heavy atom. The van der Waals surface area contributed by atoms with Crippen LogP contribution in [0, 0.1) is 11.8 Å². The van der Waals surface area contributed by atoms with E-state index >= 15 is 0 Å². The molecule has 0 aliphatic carbocycles. The van der Waals surface area contributed by atoms with Gasteiger partial charge >= 0.3 is 0 Å². The average molecular weight is 425 g/mol. The third-order valence-electron chi connectivity index (χ3n) is 4.19. The van der Waals surface area contributed by atoms with Crippen LogP contribution in [0.15, 0.2) is 36.7 Å². The molecule has 2 rings (SSSR count). The van der Waals surface area contributed by atoms with Crippen molar-refractivity contribution in [3.8, 4) is 0 Å². The predicted molar refractivity (Wildman–Crippen MR) is 112 cm³/mol. The zero-order valence-electron chi connectivity index (χ0n) is 16.3. The highest BCUT2D eigenvalue weighted by molar-refractivity contribution is 6.36. The minimum atomic E-state index is -0.642. The summed E-state index contributed by atoms with van der Waals surface area (Å²) in [6.07, 6.45) is 4.13. The summed E-state index contributed by atoms with van der Waals surface area (Å²) in [5.74, 6) is -0.172. The molecule has 2 atom stereocenters. The van der Waals surface area contributed by atoms with E-state index in [1.54, 1.807) is 18.3 Å². The van der Waals surface area contributed by atoms with Gasteiger partial charge in [0.25, 0.3) is 5.91 Å². The summed E-state index contributed by atoms with van der Waals surface area (Å²) in [5, 5.41) is 10.6. The van der Waals surface area contributed by atoms with Crippen LogP contribution in [0.1, 0.15) is 37.6 Å². The van der Waals surface area contributed by atoms with Gasteiger partial charge in [-0.2, -0.15) is 5.10 Å². The Morgan fingerprint density at radius 2 is 1.96 bits per heavy atom. The van der Waals surface area contributed by atoms with E-state index in [4.69, 9.17) is 23.2 Å². The maximum atomic E-state index is 12.7. The average Bonchev–Trinajstić information content (AvgIpc) is 3.11. The molecule has 1 aromatic carbocycles. The lowest BCUT2D eigenvalue weighted by atomic mass is 10.0. The number of halogens is 2. The van der Waals surface area contributed by atoms with Crippen LogP contribution < -0.4 is 10.6 Å². The van der Waals surface area contributed by atoms with Crippen molar-refractivity contribution in [1.82, 2.24) is 20.4 Å². The Labute approximate surface area is 175 Å². The second-order valence-corrected chi connectivity index (χ2v) is 8.20. The highest BCUT2D eigenvalue weighted by Crippen LogP contribution is 2.21. The molecule has 0 saturated carbocycles. The number of carbonyl (C=O) groups excluding carboxylic acids is 2. The van der Waals surface area contributed by atoms with Gasteiger partial charge in [0.15, 0.2) is 0 Å². The van der Waals surface area contributed by atoms with Gasteiger partial charge in [0.1, 0.15) is 6.04 Å². The first-order valence-corrected chi connectivity index (χ1v) is 10.0. The first-order valence-electron chi connectivity index (χ1n) is 9.27. The molecule has 28 heavy (non-hydrogen) atoms. The van der Waals surface area contributed by atoms with Crippen LogP contribution in [-0.4, -0.2) is 34.2 Å². The molecule has 2 amide bonds. The number of nitrogens with zero attached hydrogens (tertiary/aromatic N) is 2. The quantitative estimate of drug-likeness (QED) is 0.642. The third-order valence-corrected chi connectivity index (χ3v) is 4.74. The molecule has 1 heterocycles. The van der Waals surface area contributed by atoms with Crippen molar-refractivity contribution in [2.24, 2.45) is 11.8 Å². The van der Waals surface area contributed by atoms with Gasteiger partial charge < -0.3 is 10.6 Å². The monoisotopic (exact) mass is 424 g/mol. The Bertz CT molecular complexity index is 794. The third kappa shape index (κ3) is 6.84. The lowest BCUT2D eigenvalue weighted by molar-refractivity contribution is -0.123. The Kier molecular flexibility index (Phi) is 8.33. The second-order valence-electron chi connectivity index (χ2n) is 7.36. The summed E-state index contributed by atoms with van der Waals surface area (Å²) in [5.41, 5.74) is 0.291. The molecule has 0 radical (unpaired) electrons. The zero-order chi connectivity index (χ0) is 20.7. The number of hydrogen-bond donors (Lipinski definition) is 2. The molecule has 0 aliphatic rings. The van der Waals surface area contributed by atoms with Gasteiger partial charge in [-0.3, -0.25) is 14.3 Å². The summed E-state index contributed by atoms with van der Waals surface area (Å²) in [4.78, 5) is 25.3. The minimum Gasteiger partial charge on any atom is -0.354 e. The first-order chi connectivity index (χ1) is 13.3. The van der Waals surface area contributed by atoms with Gasteiger partial charge in [0, 0.05) is 30.5 Å². The molecular weight excluding hydrogens is 399 g/mol. The molecule has 0 fully saturated rings. The molecule has 6 nitrogen and oxygen atoms in total. The maximum Gasteiger partial charge on any atom is 0.253 e. The molecule has 0 aliphatic heterocycles. The summed E-state index contributed by atoms with van der Waals surface area (Å²) in [6.45, 7) is 7.23. The van der Waals surface area contributed by atoms with Crippen LogP contribution in [-0.2, 0) is 11.3 Å². The number of amides is 2. The number of benzene rings is 1. The minimum absolute atomic E-state index is 0.199. The van der Waals surface area contributed by atoms with Crippen molar-refractivity contribution < 1.29 is 9.59 Å². The summed E-state index contributed by atoms with van der Waals surface area (Å²) >= 11 is 12.0. The van der Waals surface area contributed by atoms with Crippen LogP contribution >= 0.6 is 23.2 Å². The van der Waals surface area contributed by atoms with Crippen molar-refractivity contribution >= 4 is 35.0 Å². The lowest BCUT2D eigenvalue weighted by Gasteiger charge is -2.22. The smallest absolute Gasteiger partial charge is 0.253 e. The van der Waals surface area contributed by atoms with Crippen molar-refractivity contribution in [2.75, 3.05) is 6.54 Å². The molecular formula is C20H26Cl2N4O2. The van der Waals surface area contributed by atoms with E-state index in [1.807, 2.05) is 37.7 Å². The lowest BCUT2D eigenvalue weighted by Crippen LogP contribution is -2.48. The zero-order valence-corrected chi connectivity index (χ0v) is 17.8. The number of carbonyl (C=O) groups is 2. The van der Waals surface area contributed by atoms with Gasteiger partial charge in [0.05, 0.1) is 10.6 Å². The van der Waals surface area contributed by atoms with Crippen LogP contribution in [0.4, 0.5) is 0 Å². The highest BCUT2D eigenvalue weighted by Gasteiger charge is 2.23. The topological polar surface area (TPSA) is 76.0 Å². The van der Waals surface area contributed by atoms with E-state index in [9.17, 15) is 9.59 Å². The Morgan fingerprint density at radius 1 is 1.21 bits per heavy atom. The van der Waals surface area contributed by atoms with E-state index in [0.29, 0.717) is 30.1 Å². The maximum absolute atomic E-state index is 12.7. The highest BCUT2D eigenvalue weighted by atomic mass is 35.5. The molecule has 0 bridgehead atoms. The fraction of sp³-hybridized carbons (Fsp3) is 0.450. The van der Waals surface area contributed by atoms with Gasteiger partial charge in [-0.25, -0.2) is 0 Å². The molecule has 0 spiro atoms. The molecule has 2 aromatic rings. The first kappa shape index (κ1) is 22.2. The molecule has 2 N–H and O–H groups in total. The Balaban J connectivity index is 1.97. The van der Waals surface area contributed by atoms with E-state index in [-0.39, 0.29) is 22.8 Å². The van der Waals surface area contributed by atoms with Crippen molar-refractivity contribution in [2.45, 2.75) is 39.8 Å². The van der Waals surface area contributed by atoms with E-state index in [0.717, 1.165) is 0 Å². The number of hydrogen-bond acceptors (Lipinski definition) is 3. The summed E-state index contributed by atoms with van der Waals surface area (Å²) in [7, 11) is 0. The van der Waals surface area contributed by atoms with Gasteiger partial charge in [0.2, 0.25) is 5.91 Å². The van der Waals surface area contributed by atoms with Gasteiger partial charge in [-0.05, 0) is 42.5 Å². The fourth-order valence-electron chi connectivity index (χ4n) is 2.80. The number of nitrogens with one attached hydrogen (secondary N) is 2. The number of aromatic nitrogens is 2. The van der Waals surface area contributed by atoms with Crippen LogP contribution in [0.25, 0.3) is 0 Å². The molecule has 8 heteroatoms. The van der Waals surface area contributed by atoms with Crippen LogP contribution in [0.3, 0.4) is 0 Å². The summed E-state index contributed by atoms with van der Waals surface area (Å²) in [6, 6.07) is 5.87. The van der Waals surface area contributed by atoms with E-state index in [1.165, 1.54) is 6.07 Å². The van der Waals surface area contributed by atoms with E-state index in [2.05, 4.69) is 15.7 Å². The van der Waals surface area contributed by atoms with E-state index < -0.39 is 11.9 Å². The molecule has 0 saturated heterocycles. The largest absolute Gasteiger partial charge is 0.354 e.